The smallest absolute Gasteiger partial charge is 0.222 e. The lowest BCUT2D eigenvalue weighted by atomic mass is 9.93. The van der Waals surface area contributed by atoms with Crippen molar-refractivity contribution in [2.45, 2.75) is 38.1 Å². The van der Waals surface area contributed by atoms with Crippen molar-refractivity contribution in [3.8, 4) is 0 Å². The third-order valence-electron chi connectivity index (χ3n) is 4.47. The van der Waals surface area contributed by atoms with E-state index in [0.717, 1.165) is 51.4 Å². The van der Waals surface area contributed by atoms with Gasteiger partial charge in [-0.3, -0.25) is 4.79 Å². The Morgan fingerprint density at radius 3 is 2.61 bits per heavy atom. The summed E-state index contributed by atoms with van der Waals surface area (Å²) in [4.78, 5) is 16.4. The number of piperidine rings is 1. The van der Waals surface area contributed by atoms with Gasteiger partial charge in [0.25, 0.3) is 0 Å². The summed E-state index contributed by atoms with van der Waals surface area (Å²) >= 11 is 0. The maximum atomic E-state index is 12.1. The zero-order chi connectivity index (χ0) is 13.0. The van der Waals surface area contributed by atoms with E-state index in [4.69, 9.17) is 0 Å². The Hall–Kier alpha value is -0.610. The van der Waals surface area contributed by atoms with Gasteiger partial charge in [-0.2, -0.15) is 0 Å². The maximum absolute atomic E-state index is 12.1. The molecule has 0 spiro atoms. The second kappa shape index (κ2) is 6.53. The Morgan fingerprint density at radius 1 is 1.28 bits per heavy atom. The predicted octanol–water partition coefficient (Wildman–Crippen LogP) is 0.929. The van der Waals surface area contributed by atoms with Gasteiger partial charge in [-0.1, -0.05) is 0 Å². The first-order chi connectivity index (χ1) is 8.66. The number of rotatable bonds is 4. The fourth-order valence-electron chi connectivity index (χ4n) is 3.05. The molecule has 4 nitrogen and oxygen atoms in total. The minimum atomic E-state index is 0.373. The van der Waals surface area contributed by atoms with Crippen molar-refractivity contribution in [3.63, 3.8) is 0 Å². The number of carbonyl (C=O) groups excluding carboxylic acids is 1. The van der Waals surface area contributed by atoms with Crippen LogP contribution in [0.25, 0.3) is 0 Å². The molecular weight excluding hydrogens is 226 g/mol. The lowest BCUT2D eigenvalue weighted by Crippen LogP contribution is -2.35. The van der Waals surface area contributed by atoms with Gasteiger partial charge in [0.2, 0.25) is 5.91 Å². The highest BCUT2D eigenvalue weighted by Crippen LogP contribution is 2.20. The van der Waals surface area contributed by atoms with Crippen molar-refractivity contribution >= 4 is 5.91 Å². The number of nitrogens with one attached hydrogen (secondary N) is 1. The van der Waals surface area contributed by atoms with Crippen LogP contribution in [0.1, 0.15) is 32.1 Å². The molecule has 0 saturated carbocycles. The van der Waals surface area contributed by atoms with E-state index in [0.29, 0.717) is 11.9 Å². The summed E-state index contributed by atoms with van der Waals surface area (Å²) < 4.78 is 0. The van der Waals surface area contributed by atoms with Gasteiger partial charge in [0.1, 0.15) is 0 Å². The molecule has 0 aromatic carbocycles. The second-order valence-corrected chi connectivity index (χ2v) is 5.98. The van der Waals surface area contributed by atoms with E-state index in [-0.39, 0.29) is 0 Å². The molecule has 4 heteroatoms. The Labute approximate surface area is 111 Å². The quantitative estimate of drug-likeness (QED) is 0.809. The molecule has 1 amide bonds. The Morgan fingerprint density at radius 2 is 2.00 bits per heavy atom. The van der Waals surface area contributed by atoms with Crippen LogP contribution in [0.2, 0.25) is 0 Å². The number of nitrogens with zero attached hydrogens (tertiary/aromatic N) is 2. The van der Waals surface area contributed by atoms with Crippen LogP contribution in [0.5, 0.6) is 0 Å². The molecule has 1 unspecified atom stereocenters. The van der Waals surface area contributed by atoms with Gasteiger partial charge in [0.15, 0.2) is 0 Å². The van der Waals surface area contributed by atoms with Crippen molar-refractivity contribution < 1.29 is 4.79 Å². The maximum Gasteiger partial charge on any atom is 0.222 e. The predicted molar refractivity (Wildman–Crippen MR) is 73.5 cm³/mol. The van der Waals surface area contributed by atoms with Crippen LogP contribution >= 0.6 is 0 Å². The molecule has 2 rings (SSSR count). The van der Waals surface area contributed by atoms with E-state index >= 15 is 0 Å². The summed E-state index contributed by atoms with van der Waals surface area (Å²) in [7, 11) is 4.21. The molecule has 2 aliphatic heterocycles. The number of carbonyl (C=O) groups is 1. The van der Waals surface area contributed by atoms with Gasteiger partial charge in [0, 0.05) is 25.6 Å². The highest BCUT2D eigenvalue weighted by atomic mass is 16.2. The first kappa shape index (κ1) is 13.8. The van der Waals surface area contributed by atoms with Crippen molar-refractivity contribution in [2.75, 3.05) is 40.3 Å². The third kappa shape index (κ3) is 3.69. The molecule has 2 saturated heterocycles. The van der Waals surface area contributed by atoms with Crippen LogP contribution < -0.4 is 5.32 Å². The summed E-state index contributed by atoms with van der Waals surface area (Å²) in [5.74, 6) is 1.14. The molecular formula is C14H27N3O. The molecule has 0 aromatic rings. The molecule has 1 N–H and O–H groups in total. The van der Waals surface area contributed by atoms with Gasteiger partial charge in [-0.15, -0.1) is 0 Å². The van der Waals surface area contributed by atoms with Crippen molar-refractivity contribution in [3.05, 3.63) is 0 Å². The van der Waals surface area contributed by atoms with Gasteiger partial charge >= 0.3 is 0 Å². The van der Waals surface area contributed by atoms with Gasteiger partial charge in [0.05, 0.1) is 0 Å². The molecule has 1 atom stereocenters. The molecule has 2 fully saturated rings. The summed E-state index contributed by atoms with van der Waals surface area (Å²) in [6, 6.07) is 0.563. The van der Waals surface area contributed by atoms with E-state index in [1.807, 2.05) is 0 Å². The van der Waals surface area contributed by atoms with Crippen LogP contribution in [0.3, 0.4) is 0 Å². The molecule has 0 aliphatic carbocycles. The summed E-state index contributed by atoms with van der Waals surface area (Å²) in [6.07, 6.45) is 5.46. The largest absolute Gasteiger partial charge is 0.341 e. The molecule has 2 heterocycles. The van der Waals surface area contributed by atoms with Crippen LogP contribution in [-0.4, -0.2) is 62.0 Å². The zero-order valence-electron chi connectivity index (χ0n) is 11.8. The lowest BCUT2D eigenvalue weighted by molar-refractivity contribution is -0.130. The number of likely N-dealkylation sites (N-methyl/N-ethyl adjacent to an activating group) is 1. The van der Waals surface area contributed by atoms with E-state index in [9.17, 15) is 4.79 Å². The van der Waals surface area contributed by atoms with E-state index in [2.05, 4.69) is 29.2 Å². The highest BCUT2D eigenvalue weighted by Gasteiger charge is 2.27. The third-order valence-corrected chi connectivity index (χ3v) is 4.47. The van der Waals surface area contributed by atoms with Crippen molar-refractivity contribution in [1.82, 2.24) is 15.1 Å². The van der Waals surface area contributed by atoms with Crippen molar-refractivity contribution in [2.24, 2.45) is 5.92 Å². The average molecular weight is 253 g/mol. The normalized spacial score (nSPS) is 25.9. The lowest BCUT2D eigenvalue weighted by Gasteiger charge is -2.24. The van der Waals surface area contributed by atoms with E-state index < -0.39 is 0 Å². The highest BCUT2D eigenvalue weighted by molar-refractivity contribution is 5.76. The first-order valence-electron chi connectivity index (χ1n) is 7.31. The van der Waals surface area contributed by atoms with Crippen LogP contribution in [0.4, 0.5) is 0 Å². The molecule has 18 heavy (non-hydrogen) atoms. The zero-order valence-corrected chi connectivity index (χ0v) is 11.8. The van der Waals surface area contributed by atoms with Gasteiger partial charge in [-0.05, 0) is 58.8 Å². The summed E-state index contributed by atoms with van der Waals surface area (Å²) in [6.45, 7) is 4.14. The first-order valence-corrected chi connectivity index (χ1v) is 7.31. The second-order valence-electron chi connectivity index (χ2n) is 5.98. The van der Waals surface area contributed by atoms with Gasteiger partial charge < -0.3 is 15.1 Å². The van der Waals surface area contributed by atoms with Crippen LogP contribution in [-0.2, 0) is 4.79 Å². The molecule has 0 bridgehead atoms. The summed E-state index contributed by atoms with van der Waals surface area (Å²) in [5.41, 5.74) is 0. The van der Waals surface area contributed by atoms with E-state index in [1.54, 1.807) is 0 Å². The molecule has 0 radical (unpaired) electrons. The number of amides is 1. The Bertz CT molecular complexity index is 274. The Kier molecular flexibility index (Phi) is 5.01. The monoisotopic (exact) mass is 253 g/mol. The number of hydrogen-bond donors (Lipinski definition) is 1. The molecule has 104 valence electrons. The van der Waals surface area contributed by atoms with Gasteiger partial charge in [-0.25, -0.2) is 0 Å². The summed E-state index contributed by atoms with van der Waals surface area (Å²) in [5, 5.41) is 3.37. The number of likely N-dealkylation sites (tertiary alicyclic amines) is 1. The van der Waals surface area contributed by atoms with Crippen LogP contribution in [0, 0.1) is 5.92 Å². The van der Waals surface area contributed by atoms with Crippen molar-refractivity contribution in [1.29, 1.82) is 0 Å². The molecule has 0 aromatic heterocycles. The minimum absolute atomic E-state index is 0.373. The topological polar surface area (TPSA) is 35.6 Å². The standard InChI is InChI=1S/C14H27N3O/c1-16(2)13-7-10-17(11-13)14(18)4-3-12-5-8-15-9-6-12/h12-13,15H,3-11H2,1-2H3. The number of hydrogen-bond acceptors (Lipinski definition) is 3. The van der Waals surface area contributed by atoms with E-state index in [1.165, 1.54) is 12.8 Å². The SMILES string of the molecule is CN(C)C1CCN(C(=O)CCC2CCNCC2)C1. The molecule has 2 aliphatic rings. The average Bonchev–Trinajstić information content (AvgIpc) is 2.87. The Balaban J connectivity index is 1.68. The fourth-order valence-corrected chi connectivity index (χ4v) is 3.05. The fraction of sp³-hybridized carbons (Fsp3) is 0.929. The minimum Gasteiger partial charge on any atom is -0.341 e. The van der Waals surface area contributed by atoms with Crippen LogP contribution in [0.15, 0.2) is 0 Å².